The number of carbonyl (C=O) groups is 1. The number of ether oxygens (including phenoxy) is 1. The maximum absolute atomic E-state index is 11.6. The Labute approximate surface area is 134 Å². The molecule has 0 spiro atoms. The van der Waals surface area contributed by atoms with Crippen molar-refractivity contribution < 1.29 is 9.53 Å². The third-order valence-corrected chi connectivity index (χ3v) is 3.12. The van der Waals surface area contributed by atoms with Crippen molar-refractivity contribution in [3.8, 4) is 5.75 Å². The van der Waals surface area contributed by atoms with E-state index >= 15 is 0 Å². The maximum atomic E-state index is 11.6. The predicted molar refractivity (Wildman–Crippen MR) is 85.1 cm³/mol. The number of nitrogens with zero attached hydrogens (tertiary/aromatic N) is 2. The van der Waals surface area contributed by atoms with E-state index in [1.54, 1.807) is 30.5 Å². The van der Waals surface area contributed by atoms with E-state index in [0.29, 0.717) is 24.7 Å². The largest absolute Gasteiger partial charge is 0.492 e. The van der Waals surface area contributed by atoms with Crippen LogP contribution in [0.5, 0.6) is 5.75 Å². The van der Waals surface area contributed by atoms with E-state index in [2.05, 4.69) is 15.7 Å². The number of hydrogen-bond acceptors (Lipinski definition) is 4. The van der Waals surface area contributed by atoms with Gasteiger partial charge in [-0.25, -0.2) is 0 Å². The molecule has 1 amide bonds. The van der Waals surface area contributed by atoms with E-state index in [1.807, 2.05) is 16.9 Å². The molecule has 118 valence electrons. The van der Waals surface area contributed by atoms with E-state index in [1.165, 1.54) is 0 Å². The van der Waals surface area contributed by atoms with Crippen molar-refractivity contribution in [3.63, 3.8) is 0 Å². The molecule has 1 aromatic carbocycles. The average Bonchev–Trinajstić information content (AvgIpc) is 3.03. The first kappa shape index (κ1) is 16.3. The molecule has 0 fully saturated rings. The summed E-state index contributed by atoms with van der Waals surface area (Å²) in [5.74, 6) is 0.677. The van der Waals surface area contributed by atoms with Gasteiger partial charge in [0.15, 0.2) is 0 Å². The molecule has 2 N–H and O–H groups in total. The number of nitrogens with one attached hydrogen (secondary N) is 2. The van der Waals surface area contributed by atoms with Crippen LogP contribution in [0.1, 0.15) is 0 Å². The van der Waals surface area contributed by atoms with Gasteiger partial charge in [0, 0.05) is 24.0 Å². The molecule has 0 bridgehead atoms. The van der Waals surface area contributed by atoms with Crippen molar-refractivity contribution in [2.24, 2.45) is 0 Å². The summed E-state index contributed by atoms with van der Waals surface area (Å²) < 4.78 is 7.29. The topological polar surface area (TPSA) is 68.2 Å². The first-order valence-electron chi connectivity index (χ1n) is 7.07. The fourth-order valence-electron chi connectivity index (χ4n) is 1.78. The Balaban J connectivity index is 1.49. The summed E-state index contributed by atoms with van der Waals surface area (Å²) in [6.07, 6.45) is 3.61. The minimum atomic E-state index is -0.0554. The zero-order valence-electron chi connectivity index (χ0n) is 12.2. The molecular weight excluding hydrogens is 304 g/mol. The van der Waals surface area contributed by atoms with Gasteiger partial charge in [-0.2, -0.15) is 5.10 Å². The molecule has 6 nitrogen and oxygen atoms in total. The fourth-order valence-corrected chi connectivity index (χ4v) is 1.91. The van der Waals surface area contributed by atoms with Crippen LogP contribution in [-0.4, -0.2) is 41.9 Å². The molecule has 7 heteroatoms. The second-order valence-electron chi connectivity index (χ2n) is 4.60. The van der Waals surface area contributed by atoms with Gasteiger partial charge in [0.1, 0.15) is 12.4 Å². The maximum Gasteiger partial charge on any atom is 0.234 e. The number of amides is 1. The lowest BCUT2D eigenvalue weighted by atomic mass is 10.3. The number of benzene rings is 1. The first-order valence-corrected chi connectivity index (χ1v) is 7.45. The van der Waals surface area contributed by atoms with Crippen molar-refractivity contribution >= 4 is 17.5 Å². The summed E-state index contributed by atoms with van der Waals surface area (Å²) in [5.41, 5.74) is 0. The molecule has 1 heterocycles. The molecule has 0 saturated carbocycles. The van der Waals surface area contributed by atoms with Crippen molar-refractivity contribution in [1.82, 2.24) is 20.4 Å². The average molecular weight is 323 g/mol. The van der Waals surface area contributed by atoms with Gasteiger partial charge in [0.2, 0.25) is 5.91 Å². The number of hydrogen-bond donors (Lipinski definition) is 2. The zero-order valence-corrected chi connectivity index (χ0v) is 12.9. The molecule has 0 aliphatic rings. The molecule has 0 radical (unpaired) electrons. The van der Waals surface area contributed by atoms with Crippen LogP contribution in [0.15, 0.2) is 42.7 Å². The van der Waals surface area contributed by atoms with Gasteiger partial charge < -0.3 is 15.4 Å². The summed E-state index contributed by atoms with van der Waals surface area (Å²) in [5, 5.41) is 10.6. The highest BCUT2D eigenvalue weighted by molar-refractivity contribution is 6.30. The molecule has 1 aromatic heterocycles. The second kappa shape index (κ2) is 9.07. The van der Waals surface area contributed by atoms with Crippen LogP contribution < -0.4 is 15.4 Å². The Kier molecular flexibility index (Phi) is 6.73. The molecule has 0 atom stereocenters. The molecule has 0 unspecified atom stereocenters. The van der Waals surface area contributed by atoms with Crippen molar-refractivity contribution in [1.29, 1.82) is 0 Å². The van der Waals surface area contributed by atoms with E-state index in [-0.39, 0.29) is 12.5 Å². The first-order chi connectivity index (χ1) is 10.7. The van der Waals surface area contributed by atoms with Gasteiger partial charge in [0.25, 0.3) is 0 Å². The van der Waals surface area contributed by atoms with Crippen molar-refractivity contribution in [2.75, 3.05) is 26.2 Å². The number of aromatic nitrogens is 2. The van der Waals surface area contributed by atoms with Crippen molar-refractivity contribution in [2.45, 2.75) is 6.54 Å². The molecular formula is C15H19ClN4O2. The SMILES string of the molecule is O=C(CNCCn1cccn1)NCCOc1ccc(Cl)cc1. The summed E-state index contributed by atoms with van der Waals surface area (Å²) in [6.45, 7) is 2.58. The van der Waals surface area contributed by atoms with Crippen molar-refractivity contribution in [3.05, 3.63) is 47.7 Å². The zero-order chi connectivity index (χ0) is 15.6. The van der Waals surface area contributed by atoms with Crippen LogP contribution in [0.2, 0.25) is 5.02 Å². The van der Waals surface area contributed by atoms with Gasteiger partial charge in [-0.15, -0.1) is 0 Å². The molecule has 2 rings (SSSR count). The van der Waals surface area contributed by atoms with E-state index in [4.69, 9.17) is 16.3 Å². The van der Waals surface area contributed by atoms with Crippen LogP contribution >= 0.6 is 11.6 Å². The Morgan fingerprint density at radius 3 is 2.82 bits per heavy atom. The monoisotopic (exact) mass is 322 g/mol. The summed E-state index contributed by atoms with van der Waals surface area (Å²) in [7, 11) is 0. The standard InChI is InChI=1S/C15H19ClN4O2/c16-13-2-4-14(5-3-13)22-11-8-18-15(21)12-17-7-10-20-9-1-6-19-20/h1-6,9,17H,7-8,10-12H2,(H,18,21). The quantitative estimate of drug-likeness (QED) is 0.683. The smallest absolute Gasteiger partial charge is 0.234 e. The van der Waals surface area contributed by atoms with Crippen LogP contribution in [0, 0.1) is 0 Å². The van der Waals surface area contributed by atoms with Gasteiger partial charge in [0.05, 0.1) is 19.6 Å². The number of carbonyl (C=O) groups excluding carboxylic acids is 1. The molecule has 0 aliphatic carbocycles. The van der Waals surface area contributed by atoms with Crippen LogP contribution in [0.4, 0.5) is 0 Å². The minimum Gasteiger partial charge on any atom is -0.492 e. The number of halogens is 1. The van der Waals surface area contributed by atoms with Gasteiger partial charge >= 0.3 is 0 Å². The fraction of sp³-hybridized carbons (Fsp3) is 0.333. The summed E-state index contributed by atoms with van der Waals surface area (Å²) >= 11 is 5.78. The highest BCUT2D eigenvalue weighted by Crippen LogP contribution is 2.14. The normalized spacial score (nSPS) is 10.4. The highest BCUT2D eigenvalue weighted by atomic mass is 35.5. The molecule has 0 aliphatic heterocycles. The third-order valence-electron chi connectivity index (χ3n) is 2.87. The van der Waals surface area contributed by atoms with E-state index in [9.17, 15) is 4.79 Å². The minimum absolute atomic E-state index is 0.0554. The highest BCUT2D eigenvalue weighted by Gasteiger charge is 2.00. The lowest BCUT2D eigenvalue weighted by Crippen LogP contribution is -2.37. The van der Waals surface area contributed by atoms with Crippen LogP contribution in [0.25, 0.3) is 0 Å². The summed E-state index contributed by atoms with van der Waals surface area (Å²) in [6, 6.07) is 8.98. The molecule has 2 aromatic rings. The predicted octanol–water partition coefficient (Wildman–Crippen LogP) is 1.32. The Hall–Kier alpha value is -2.05. The number of rotatable bonds is 9. The van der Waals surface area contributed by atoms with E-state index < -0.39 is 0 Å². The second-order valence-corrected chi connectivity index (χ2v) is 5.03. The molecule has 0 saturated heterocycles. The lowest BCUT2D eigenvalue weighted by molar-refractivity contribution is -0.120. The molecule has 22 heavy (non-hydrogen) atoms. The van der Waals surface area contributed by atoms with Gasteiger partial charge in [-0.1, -0.05) is 11.6 Å². The van der Waals surface area contributed by atoms with Gasteiger partial charge in [-0.05, 0) is 30.3 Å². The van der Waals surface area contributed by atoms with Crippen LogP contribution in [0.3, 0.4) is 0 Å². The lowest BCUT2D eigenvalue weighted by Gasteiger charge is -2.08. The summed E-state index contributed by atoms with van der Waals surface area (Å²) in [4.78, 5) is 11.6. The third kappa shape index (κ3) is 6.15. The Bertz CT molecular complexity index is 557. The van der Waals surface area contributed by atoms with Gasteiger partial charge in [-0.3, -0.25) is 9.48 Å². The Morgan fingerprint density at radius 2 is 2.09 bits per heavy atom. The van der Waals surface area contributed by atoms with Crippen LogP contribution in [-0.2, 0) is 11.3 Å². The van der Waals surface area contributed by atoms with E-state index in [0.717, 1.165) is 12.3 Å². The Morgan fingerprint density at radius 1 is 1.27 bits per heavy atom.